The lowest BCUT2D eigenvalue weighted by atomic mass is 9.99. The van der Waals surface area contributed by atoms with E-state index in [0.29, 0.717) is 68.9 Å². The fourth-order valence-electron chi connectivity index (χ4n) is 18.0. The molecule has 0 saturated carbocycles. The summed E-state index contributed by atoms with van der Waals surface area (Å²) in [6.07, 6.45) is 0.512. The Morgan fingerprint density at radius 1 is 0.576 bits per heavy atom. The number of fused-ring (bicyclic) bond motifs is 5. The highest BCUT2D eigenvalue weighted by molar-refractivity contribution is 8.00. The van der Waals surface area contributed by atoms with E-state index in [1.54, 1.807) is 88.5 Å². The molecular weight excluding hydrogens is 1900 g/mol. The number of likely N-dealkylation sites (N-methyl/N-ethyl adjacent to an activating group) is 3. The molecule has 3 aliphatic heterocycles. The van der Waals surface area contributed by atoms with Gasteiger partial charge in [0.05, 0.1) is 29.5 Å². The molecule has 43 nitrogen and oxygen atoms in total. The summed E-state index contributed by atoms with van der Waals surface area (Å²) in [6.45, 7) is 9.15. The number of phenols is 1. The van der Waals surface area contributed by atoms with Gasteiger partial charge in [-0.3, -0.25) is 86.3 Å². The average molecular weight is 2040 g/mol. The van der Waals surface area contributed by atoms with Crippen molar-refractivity contribution in [2.24, 2.45) is 29.0 Å². The Balaban J connectivity index is 1.05. The highest BCUT2D eigenvalue weighted by Gasteiger charge is 2.47. The molecule has 780 valence electrons. The number of carbonyl (C=O) groups excluding carboxylic acids is 17. The summed E-state index contributed by atoms with van der Waals surface area (Å²) in [5.41, 5.74) is 19.8. The van der Waals surface area contributed by atoms with Crippen LogP contribution in [0.25, 0.3) is 32.0 Å². The monoisotopic (exact) mass is 2040 g/mol. The average Bonchev–Trinajstić information content (AvgIpc) is 1.65. The predicted octanol–water partition coefficient (Wildman–Crippen LogP) is 0.664. The number of thioether (sulfide) groups is 1. The summed E-state index contributed by atoms with van der Waals surface area (Å²) in [5, 5.41) is 63.0. The number of H-pyrrole nitrogens is 1. The number of hydrogen-bond acceptors (Lipinski definition) is 25. The number of aliphatic hydroxyl groups excluding tert-OH is 1. The Hall–Kier alpha value is -13.9. The number of nitrogens with two attached hydrogens (primary N) is 3. The van der Waals surface area contributed by atoms with E-state index >= 15 is 52.3 Å². The van der Waals surface area contributed by atoms with Crippen LogP contribution in [0.2, 0.25) is 0 Å². The zero-order valence-corrected chi connectivity index (χ0v) is 84.0. The number of hydrogen-bond donors (Lipinski definition) is 18. The summed E-state index contributed by atoms with van der Waals surface area (Å²) in [4.78, 5) is 279. The fraction of sp³-hybridized carbons (Fsp3) is 0.520. The SMILES string of the molecule is CCCC[C@H]1C(=O)N(C)[C@@H](CCCC)C(=O)N[C@@H](CC(C)C)C(=O)N[C@H](C(=O)NCC(N)=O)CSCC(=O)N[C@@H](Cc2ccc(O)cc2)C(=O)N(C)[C@@H](C)C(=O)N[C@@H](CC(N)=O)C(=O)N2CCC[C@H]2C(=O)N[C@@H](CNc2nc3c(F)cccc3s2)C(=O)N[C@@H](CC(C)C)C(=O)N2C[C@H](O)C[C@H]2C(=O)N[C@@H](Cc2c[nH]c3ccccc23)C(=O)N[C@@H](CCN)C(=O)N[C@@H](Cc2cn(CC(=O)O)c3ccccc23)C(=O)N1C. The number of nitrogens with one attached hydrogen (secondary N) is 12. The number of carbonyl (C=O) groups is 18. The third kappa shape index (κ3) is 30.1. The molecule has 21 N–H and O–H groups in total. The van der Waals surface area contributed by atoms with Gasteiger partial charge in [0.25, 0.3) is 0 Å². The number of primary amides is 2. The number of carboxylic acids is 1. The molecule has 3 saturated heterocycles. The van der Waals surface area contributed by atoms with Crippen molar-refractivity contribution in [2.75, 3.05) is 70.7 Å². The quantitative estimate of drug-likeness (QED) is 0.0320. The van der Waals surface area contributed by atoms with E-state index in [-0.39, 0.29) is 99.6 Å². The molecule has 0 bridgehead atoms. The van der Waals surface area contributed by atoms with Crippen molar-refractivity contribution in [3.8, 4) is 5.75 Å². The number of thiazole rings is 1. The van der Waals surface area contributed by atoms with Gasteiger partial charge in [0.2, 0.25) is 100 Å². The first-order valence-electron chi connectivity index (χ1n) is 48.3. The fourth-order valence-corrected chi connectivity index (χ4v) is 19.7. The number of aromatic hydroxyl groups is 1. The first-order valence-corrected chi connectivity index (χ1v) is 50.3. The number of rotatable bonds is 28. The summed E-state index contributed by atoms with van der Waals surface area (Å²) < 4.78 is 17.1. The minimum Gasteiger partial charge on any atom is -0.508 e. The zero-order chi connectivity index (χ0) is 105. The van der Waals surface area contributed by atoms with Crippen molar-refractivity contribution in [1.29, 1.82) is 0 Å². The summed E-state index contributed by atoms with van der Waals surface area (Å²) in [7, 11) is 3.90. The number of carboxylic acid groups (broad SMARTS) is 1. The van der Waals surface area contributed by atoms with E-state index in [9.17, 15) is 53.7 Å². The number of amides is 17. The van der Waals surface area contributed by atoms with Crippen LogP contribution in [-0.4, -0.2) is 317 Å². The molecule has 17 amide bonds. The highest BCUT2D eigenvalue weighted by atomic mass is 32.2. The molecule has 0 radical (unpaired) electrons. The van der Waals surface area contributed by atoms with Crippen LogP contribution in [0, 0.1) is 17.7 Å². The molecular formula is C98H133FN22O21S2. The zero-order valence-electron chi connectivity index (χ0n) is 82.3. The maximum absolute atomic E-state index is 16.0. The van der Waals surface area contributed by atoms with Crippen LogP contribution in [0.3, 0.4) is 0 Å². The predicted molar refractivity (Wildman–Crippen MR) is 534 cm³/mol. The van der Waals surface area contributed by atoms with E-state index in [0.717, 1.165) is 47.6 Å². The summed E-state index contributed by atoms with van der Waals surface area (Å²) in [6, 6.07) is 1.45. The largest absolute Gasteiger partial charge is 0.508 e. The van der Waals surface area contributed by atoms with Crippen molar-refractivity contribution < 1.29 is 106 Å². The standard InChI is InChI=1S/C98H133FN22O21S2/c1-11-13-25-74-90(135)108-65(37-52(3)4)87(132)114-72(85(130)104-46-80(102)125)50-143-51-81(126)106-68(39-55-30-32-58(122)33-31-55)93(138)116(8)54(7)84(129)110-70(43-79(101)124)95(140)120-36-20-28-75(120)91(136)113-71(45-105-98-115-83-62(99)23-19-29-78(83)144-98)89(134)111-67(38-53(5)6)96(141)121-48-59(123)42-77(121)92(137)109-66(40-56-44-103-63-24-17-15-21-60(56)63)88(133)107-64(34-35-100)86(131)112-69(94(139)118(10)76(26-14-12-2)97(142)117(74)9)41-57-47-119(49-82(127)128)73-27-18-16-22-61(57)73/h15-19,21-24,27,29-33,44,47,52-54,59,64-72,74-77,103,122-123H,11-14,20,25-26,28,34-43,45-46,48-51,100H2,1-10H3,(H2,101,124)(H2,102,125)(H,104,130)(H,105,115)(H,106,126)(H,107,133)(H,108,135)(H,109,137)(H,110,129)(H,111,134)(H,112,131)(H,113,136)(H,114,132)(H,127,128)/t54-,59+,64-,65-,66-,67-,68-,69-,70-,71-,72-,74-,75-,76-,77-/m0/s1. The Bertz CT molecular complexity index is 5820. The number of nitrogens with zero attached hydrogens (tertiary/aromatic N) is 7. The van der Waals surface area contributed by atoms with Crippen LogP contribution in [0.1, 0.15) is 149 Å². The minimum atomic E-state index is -1.82. The van der Waals surface area contributed by atoms with Crippen LogP contribution < -0.4 is 75.7 Å². The van der Waals surface area contributed by atoms with Gasteiger partial charge in [-0.05, 0) is 123 Å². The van der Waals surface area contributed by atoms with Crippen molar-refractivity contribution >= 4 is 167 Å². The maximum Gasteiger partial charge on any atom is 0.323 e. The molecule has 0 unspecified atom stereocenters. The molecule has 0 aliphatic carbocycles. The van der Waals surface area contributed by atoms with Gasteiger partial charge in [0.1, 0.15) is 108 Å². The molecule has 0 spiro atoms. The highest BCUT2D eigenvalue weighted by Crippen LogP contribution is 2.32. The number of aromatic nitrogens is 3. The molecule has 4 aromatic carbocycles. The number of unbranched alkanes of at least 4 members (excludes halogenated alkanes) is 2. The number of halogens is 1. The van der Waals surface area contributed by atoms with Gasteiger partial charge < -0.3 is 125 Å². The van der Waals surface area contributed by atoms with Crippen molar-refractivity contribution in [1.82, 2.24) is 92.2 Å². The lowest BCUT2D eigenvalue weighted by Gasteiger charge is -2.36. The Kier molecular flexibility index (Phi) is 40.8. The smallest absolute Gasteiger partial charge is 0.323 e. The second-order valence-corrected chi connectivity index (χ2v) is 39.6. The number of benzene rings is 4. The Labute approximate surface area is 840 Å². The molecule has 144 heavy (non-hydrogen) atoms. The van der Waals surface area contributed by atoms with E-state index in [4.69, 9.17) is 17.2 Å². The lowest BCUT2D eigenvalue weighted by molar-refractivity contribution is -0.149. The van der Waals surface area contributed by atoms with Gasteiger partial charge in [-0.1, -0.05) is 133 Å². The Morgan fingerprint density at radius 2 is 1.15 bits per heavy atom. The van der Waals surface area contributed by atoms with Gasteiger partial charge in [-0.2, -0.15) is 0 Å². The van der Waals surface area contributed by atoms with Gasteiger partial charge >= 0.3 is 5.97 Å². The number of aliphatic carboxylic acids is 1. The molecule has 15 atom stereocenters. The third-order valence-corrected chi connectivity index (χ3v) is 27.7. The van der Waals surface area contributed by atoms with Crippen molar-refractivity contribution in [3.63, 3.8) is 0 Å². The minimum absolute atomic E-state index is 0.00742. The molecule has 3 fully saturated rings. The molecule has 7 aromatic rings. The number of phenolic OH excluding ortho intramolecular Hbond substituents is 1. The normalized spacial score (nSPS) is 24.0. The van der Waals surface area contributed by atoms with E-state index in [1.807, 2.05) is 13.8 Å². The second-order valence-electron chi connectivity index (χ2n) is 37.6. The van der Waals surface area contributed by atoms with Crippen LogP contribution >= 0.6 is 23.1 Å². The lowest BCUT2D eigenvalue weighted by Crippen LogP contribution is -2.61. The molecule has 6 heterocycles. The van der Waals surface area contributed by atoms with E-state index < -0.39 is 259 Å². The topological polar surface area (TPSA) is 628 Å². The molecule has 46 heteroatoms. The van der Waals surface area contributed by atoms with Crippen LogP contribution in [0.5, 0.6) is 5.75 Å². The molecule has 3 aliphatic rings. The third-order valence-electron chi connectivity index (χ3n) is 25.7. The molecule has 10 rings (SSSR count). The first kappa shape index (κ1) is 112. The number of anilines is 1. The number of para-hydroxylation sites is 3. The summed E-state index contributed by atoms with van der Waals surface area (Å²) in [5.74, 6) is -20.0. The maximum atomic E-state index is 16.0. The van der Waals surface area contributed by atoms with Gasteiger partial charge in [-0.15, -0.1) is 11.8 Å². The van der Waals surface area contributed by atoms with Gasteiger partial charge in [-0.25, -0.2) is 9.37 Å². The summed E-state index contributed by atoms with van der Waals surface area (Å²) >= 11 is 1.77. The van der Waals surface area contributed by atoms with Crippen molar-refractivity contribution in [2.45, 2.75) is 248 Å². The second kappa shape index (κ2) is 52.4. The number of aromatic amines is 1. The van der Waals surface area contributed by atoms with Crippen LogP contribution in [0.4, 0.5) is 9.52 Å². The first-order chi connectivity index (χ1) is 68.5. The van der Waals surface area contributed by atoms with Crippen LogP contribution in [0.15, 0.2) is 103 Å². The van der Waals surface area contributed by atoms with Gasteiger partial charge in [0, 0.05) is 106 Å². The van der Waals surface area contributed by atoms with Crippen LogP contribution in [-0.2, 0) is 112 Å². The Morgan fingerprint density at radius 3 is 1.82 bits per heavy atom. The van der Waals surface area contributed by atoms with E-state index in [2.05, 4.69) is 68.5 Å². The van der Waals surface area contributed by atoms with Crippen molar-refractivity contribution in [3.05, 3.63) is 126 Å². The van der Waals surface area contributed by atoms with Gasteiger partial charge in [0.15, 0.2) is 5.13 Å². The van der Waals surface area contributed by atoms with E-state index in [1.165, 1.54) is 75.2 Å². The molecule has 3 aromatic heterocycles. The number of aliphatic hydroxyl groups is 1.